The van der Waals surface area contributed by atoms with Gasteiger partial charge in [0.15, 0.2) is 0 Å². The van der Waals surface area contributed by atoms with Crippen molar-refractivity contribution in [1.29, 1.82) is 0 Å². The summed E-state index contributed by atoms with van der Waals surface area (Å²) in [5.74, 6) is 0.887. The first-order valence-corrected chi connectivity index (χ1v) is 6.48. The number of rotatable bonds is 5. The Kier molecular flexibility index (Phi) is 4.06. The van der Waals surface area contributed by atoms with Crippen LogP contribution >= 0.6 is 23.2 Å². The molecule has 2 nitrogen and oxygen atoms in total. The maximum atomic E-state index is 6.10. The summed E-state index contributed by atoms with van der Waals surface area (Å²) < 4.78 is 0. The van der Waals surface area contributed by atoms with Crippen LogP contribution in [0.3, 0.4) is 0 Å². The van der Waals surface area contributed by atoms with E-state index in [0.717, 1.165) is 31.2 Å². The van der Waals surface area contributed by atoms with Gasteiger partial charge in [-0.25, -0.2) is 4.98 Å². The zero-order chi connectivity index (χ0) is 11.5. The van der Waals surface area contributed by atoms with Crippen molar-refractivity contribution in [2.75, 3.05) is 13.1 Å². The summed E-state index contributed by atoms with van der Waals surface area (Å²) >= 11 is 12.0. The molecule has 0 spiro atoms. The van der Waals surface area contributed by atoms with E-state index in [4.69, 9.17) is 23.2 Å². The Morgan fingerprint density at radius 3 is 2.75 bits per heavy atom. The number of hydrogen-bond acceptors (Lipinski definition) is 2. The second kappa shape index (κ2) is 5.35. The first kappa shape index (κ1) is 12.2. The third-order valence-corrected chi connectivity index (χ3v) is 3.47. The van der Waals surface area contributed by atoms with Crippen LogP contribution in [-0.4, -0.2) is 23.0 Å². The maximum Gasteiger partial charge on any atom is 0.129 e. The van der Waals surface area contributed by atoms with Gasteiger partial charge in [0.25, 0.3) is 0 Å². The number of nitrogens with zero attached hydrogens (tertiary/aromatic N) is 2. The molecule has 0 aromatic carbocycles. The lowest BCUT2D eigenvalue weighted by Crippen LogP contribution is -2.25. The SMILES string of the molecule is CCN(Cc1nc(Cl)ccc1Cl)CC1CC1. The monoisotopic (exact) mass is 258 g/mol. The highest BCUT2D eigenvalue weighted by molar-refractivity contribution is 6.32. The Balaban J connectivity index is 2.01. The van der Waals surface area contributed by atoms with Crippen molar-refractivity contribution in [3.8, 4) is 0 Å². The van der Waals surface area contributed by atoms with Gasteiger partial charge >= 0.3 is 0 Å². The largest absolute Gasteiger partial charge is 0.297 e. The van der Waals surface area contributed by atoms with Crippen molar-refractivity contribution in [3.05, 3.63) is 28.0 Å². The lowest BCUT2D eigenvalue weighted by molar-refractivity contribution is 0.265. The van der Waals surface area contributed by atoms with Crippen LogP contribution in [0.1, 0.15) is 25.5 Å². The lowest BCUT2D eigenvalue weighted by Gasteiger charge is -2.20. The van der Waals surface area contributed by atoms with E-state index in [0.29, 0.717) is 10.2 Å². The molecule has 0 bridgehead atoms. The topological polar surface area (TPSA) is 16.1 Å². The molecule has 2 rings (SSSR count). The molecule has 0 N–H and O–H groups in total. The second-order valence-electron chi connectivity index (χ2n) is 4.33. The van der Waals surface area contributed by atoms with Gasteiger partial charge in [-0.15, -0.1) is 0 Å². The molecule has 0 saturated heterocycles. The minimum atomic E-state index is 0.516. The fraction of sp³-hybridized carbons (Fsp3) is 0.583. The normalized spacial score (nSPS) is 15.8. The molecule has 0 unspecified atom stereocenters. The Hall–Kier alpha value is -0.310. The summed E-state index contributed by atoms with van der Waals surface area (Å²) in [5, 5.41) is 1.22. The molecule has 1 aromatic rings. The molecule has 1 fully saturated rings. The van der Waals surface area contributed by atoms with Gasteiger partial charge in [0, 0.05) is 13.1 Å². The predicted molar refractivity (Wildman–Crippen MR) is 67.9 cm³/mol. The minimum Gasteiger partial charge on any atom is -0.297 e. The summed E-state index contributed by atoms with van der Waals surface area (Å²) in [5.41, 5.74) is 0.886. The highest BCUT2D eigenvalue weighted by Gasteiger charge is 2.24. The summed E-state index contributed by atoms with van der Waals surface area (Å²) in [4.78, 5) is 6.66. The molecular formula is C12H16Cl2N2. The molecule has 16 heavy (non-hydrogen) atoms. The standard InChI is InChI=1S/C12H16Cl2N2/c1-2-16(7-9-3-4-9)8-11-10(13)5-6-12(14)15-11/h5-6,9H,2-4,7-8H2,1H3. The lowest BCUT2D eigenvalue weighted by atomic mass is 10.3. The van der Waals surface area contributed by atoms with Crippen LogP contribution in [0.25, 0.3) is 0 Å². The highest BCUT2D eigenvalue weighted by Crippen LogP contribution is 2.30. The molecule has 0 aliphatic heterocycles. The Bertz CT molecular complexity index is 364. The van der Waals surface area contributed by atoms with Crippen LogP contribution in [0.4, 0.5) is 0 Å². The van der Waals surface area contributed by atoms with Gasteiger partial charge in [-0.2, -0.15) is 0 Å². The zero-order valence-corrected chi connectivity index (χ0v) is 10.9. The Labute approximate surface area is 107 Å². The number of halogens is 2. The van der Waals surface area contributed by atoms with Crippen molar-refractivity contribution in [2.45, 2.75) is 26.3 Å². The summed E-state index contributed by atoms with van der Waals surface area (Å²) in [6, 6.07) is 3.54. The molecular weight excluding hydrogens is 243 g/mol. The first-order chi connectivity index (χ1) is 7.69. The number of hydrogen-bond donors (Lipinski definition) is 0. The Morgan fingerprint density at radius 1 is 1.38 bits per heavy atom. The van der Waals surface area contributed by atoms with E-state index in [2.05, 4.69) is 16.8 Å². The van der Waals surface area contributed by atoms with Crippen LogP contribution in [0.2, 0.25) is 10.2 Å². The van der Waals surface area contributed by atoms with E-state index >= 15 is 0 Å². The first-order valence-electron chi connectivity index (χ1n) is 5.72. The third kappa shape index (κ3) is 3.34. The van der Waals surface area contributed by atoms with Gasteiger partial charge in [0.05, 0.1) is 10.7 Å². The minimum absolute atomic E-state index is 0.516. The predicted octanol–water partition coefficient (Wildman–Crippen LogP) is 3.62. The van der Waals surface area contributed by atoms with Crippen LogP contribution in [0, 0.1) is 5.92 Å². The van der Waals surface area contributed by atoms with Gasteiger partial charge in [0.2, 0.25) is 0 Å². The molecule has 0 amide bonds. The van der Waals surface area contributed by atoms with E-state index in [1.165, 1.54) is 12.8 Å². The number of pyridine rings is 1. The van der Waals surface area contributed by atoms with Gasteiger partial charge < -0.3 is 0 Å². The van der Waals surface area contributed by atoms with Crippen molar-refractivity contribution in [1.82, 2.24) is 9.88 Å². The average Bonchev–Trinajstić information content (AvgIpc) is 3.06. The van der Waals surface area contributed by atoms with E-state index < -0.39 is 0 Å². The van der Waals surface area contributed by atoms with Gasteiger partial charge in [0.1, 0.15) is 5.15 Å². The van der Waals surface area contributed by atoms with Gasteiger partial charge in [-0.05, 0) is 37.4 Å². The number of aromatic nitrogens is 1. The van der Waals surface area contributed by atoms with Crippen LogP contribution in [0.15, 0.2) is 12.1 Å². The summed E-state index contributed by atoms with van der Waals surface area (Å²) in [6.45, 7) is 5.15. The van der Waals surface area contributed by atoms with Gasteiger partial charge in [-0.1, -0.05) is 30.1 Å². The highest BCUT2D eigenvalue weighted by atomic mass is 35.5. The van der Waals surface area contributed by atoms with Crippen molar-refractivity contribution >= 4 is 23.2 Å². The summed E-state index contributed by atoms with van der Waals surface area (Å²) in [7, 11) is 0. The quantitative estimate of drug-likeness (QED) is 0.751. The van der Waals surface area contributed by atoms with Gasteiger partial charge in [-0.3, -0.25) is 4.90 Å². The third-order valence-electron chi connectivity index (χ3n) is 2.92. The van der Waals surface area contributed by atoms with E-state index in [1.54, 1.807) is 6.07 Å². The molecule has 1 saturated carbocycles. The molecule has 1 aliphatic carbocycles. The average molecular weight is 259 g/mol. The smallest absolute Gasteiger partial charge is 0.129 e. The Morgan fingerprint density at radius 2 is 2.12 bits per heavy atom. The van der Waals surface area contributed by atoms with Crippen molar-refractivity contribution < 1.29 is 0 Å². The summed E-state index contributed by atoms with van der Waals surface area (Å²) in [6.07, 6.45) is 2.74. The van der Waals surface area contributed by atoms with Crippen molar-refractivity contribution in [2.24, 2.45) is 5.92 Å². The molecule has 0 atom stereocenters. The van der Waals surface area contributed by atoms with Crippen LogP contribution in [0.5, 0.6) is 0 Å². The van der Waals surface area contributed by atoms with Crippen LogP contribution in [-0.2, 0) is 6.54 Å². The molecule has 88 valence electrons. The van der Waals surface area contributed by atoms with E-state index in [-0.39, 0.29) is 0 Å². The fourth-order valence-electron chi connectivity index (χ4n) is 1.75. The maximum absolute atomic E-state index is 6.10. The zero-order valence-electron chi connectivity index (χ0n) is 9.42. The molecule has 1 heterocycles. The second-order valence-corrected chi connectivity index (χ2v) is 5.13. The van der Waals surface area contributed by atoms with Crippen molar-refractivity contribution in [3.63, 3.8) is 0 Å². The fourth-order valence-corrected chi connectivity index (χ4v) is 2.08. The molecule has 1 aliphatic rings. The van der Waals surface area contributed by atoms with Crippen LogP contribution < -0.4 is 0 Å². The molecule has 1 aromatic heterocycles. The van der Waals surface area contributed by atoms with E-state index in [9.17, 15) is 0 Å². The molecule has 0 radical (unpaired) electrons. The van der Waals surface area contributed by atoms with E-state index in [1.807, 2.05) is 6.07 Å². The molecule has 4 heteroatoms.